The van der Waals surface area contributed by atoms with Crippen molar-refractivity contribution in [1.29, 1.82) is 0 Å². The van der Waals surface area contributed by atoms with Crippen molar-refractivity contribution in [3.8, 4) is 11.3 Å². The highest BCUT2D eigenvalue weighted by Gasteiger charge is 2.28. The van der Waals surface area contributed by atoms with Gasteiger partial charge in [-0.15, -0.1) is 0 Å². The van der Waals surface area contributed by atoms with Gasteiger partial charge in [0.25, 0.3) is 5.91 Å². The zero-order valence-corrected chi connectivity index (χ0v) is 19.6. The fraction of sp³-hybridized carbons (Fsp3) is 0.269. The van der Waals surface area contributed by atoms with Crippen molar-refractivity contribution in [3.63, 3.8) is 0 Å². The third kappa shape index (κ3) is 3.94. The first-order valence-electron chi connectivity index (χ1n) is 11.8. The summed E-state index contributed by atoms with van der Waals surface area (Å²) in [5.74, 6) is 0.0958. The number of aromatic nitrogens is 3. The number of hydrogen-bond donors (Lipinski definition) is 3. The van der Waals surface area contributed by atoms with Gasteiger partial charge in [0, 0.05) is 37.5 Å². The van der Waals surface area contributed by atoms with Gasteiger partial charge in [-0.2, -0.15) is 0 Å². The largest absolute Gasteiger partial charge is 0.391 e. The zero-order valence-electron chi connectivity index (χ0n) is 19.6. The van der Waals surface area contributed by atoms with Gasteiger partial charge in [0.15, 0.2) is 0 Å². The number of ether oxygens (including phenoxy) is 1. The van der Waals surface area contributed by atoms with Gasteiger partial charge in [-0.05, 0) is 36.8 Å². The predicted octanol–water partition coefficient (Wildman–Crippen LogP) is 3.11. The highest BCUT2D eigenvalue weighted by Crippen LogP contribution is 2.35. The number of carbonyl (C=O) groups excluding carboxylic acids is 1. The summed E-state index contributed by atoms with van der Waals surface area (Å²) < 4.78 is 21.1. The minimum atomic E-state index is -0.542. The highest BCUT2D eigenvalue weighted by atomic mass is 19.1. The van der Waals surface area contributed by atoms with Crippen LogP contribution in [-0.4, -0.2) is 57.3 Å². The summed E-state index contributed by atoms with van der Waals surface area (Å²) in [6.07, 6.45) is 4.33. The van der Waals surface area contributed by atoms with Crippen LogP contribution in [0.3, 0.4) is 0 Å². The van der Waals surface area contributed by atoms with Crippen LogP contribution in [0.1, 0.15) is 22.8 Å². The number of carbonyl (C=O) groups is 1. The van der Waals surface area contributed by atoms with E-state index in [1.54, 1.807) is 25.5 Å². The summed E-state index contributed by atoms with van der Waals surface area (Å²) in [6, 6.07) is 10.4. The third-order valence-corrected chi connectivity index (χ3v) is 6.72. The van der Waals surface area contributed by atoms with Gasteiger partial charge < -0.3 is 25.4 Å². The summed E-state index contributed by atoms with van der Waals surface area (Å²) in [5.41, 5.74) is 5.15. The van der Waals surface area contributed by atoms with Gasteiger partial charge in [-0.25, -0.2) is 14.4 Å². The molecular weight excluding hydrogens is 463 g/mol. The summed E-state index contributed by atoms with van der Waals surface area (Å²) in [7, 11) is 0. The van der Waals surface area contributed by atoms with Gasteiger partial charge >= 0.3 is 0 Å². The second kappa shape index (κ2) is 8.89. The lowest BCUT2D eigenvalue weighted by atomic mass is 9.99. The lowest BCUT2D eigenvalue weighted by molar-refractivity contribution is -0.0364. The average molecular weight is 489 g/mol. The molecule has 2 aliphatic rings. The van der Waals surface area contributed by atoms with E-state index in [2.05, 4.69) is 25.5 Å². The number of benzene rings is 1. The molecule has 1 unspecified atom stereocenters. The minimum absolute atomic E-state index is 0.164. The van der Waals surface area contributed by atoms with E-state index in [0.717, 1.165) is 29.1 Å². The first kappa shape index (κ1) is 22.4. The van der Waals surface area contributed by atoms with E-state index in [1.807, 2.05) is 28.7 Å². The second-order valence-electron chi connectivity index (χ2n) is 9.04. The topological polar surface area (TPSA) is 104 Å². The van der Waals surface area contributed by atoms with Crippen molar-refractivity contribution in [1.82, 2.24) is 19.7 Å². The highest BCUT2D eigenvalue weighted by molar-refractivity contribution is 6.06. The van der Waals surface area contributed by atoms with Crippen LogP contribution in [0.15, 0.2) is 55.0 Å². The summed E-state index contributed by atoms with van der Waals surface area (Å²) in [4.78, 5) is 23.8. The van der Waals surface area contributed by atoms with Crippen molar-refractivity contribution in [3.05, 3.63) is 71.9 Å². The normalized spacial score (nSPS) is 18.2. The summed E-state index contributed by atoms with van der Waals surface area (Å²) in [6.45, 7) is 3.99. The fourth-order valence-electron chi connectivity index (χ4n) is 4.83. The Kier molecular flexibility index (Phi) is 5.54. The van der Waals surface area contributed by atoms with Crippen LogP contribution in [-0.2, 0) is 11.3 Å². The maximum Gasteiger partial charge on any atom is 0.254 e. The molecule has 9 nitrogen and oxygen atoms in total. The van der Waals surface area contributed by atoms with Crippen molar-refractivity contribution in [2.24, 2.45) is 0 Å². The lowest BCUT2D eigenvalue weighted by Gasteiger charge is -2.35. The van der Waals surface area contributed by atoms with E-state index in [4.69, 9.17) is 4.74 Å². The van der Waals surface area contributed by atoms with Crippen molar-refractivity contribution >= 4 is 28.7 Å². The Morgan fingerprint density at radius 3 is 2.92 bits per heavy atom. The van der Waals surface area contributed by atoms with Crippen molar-refractivity contribution in [2.45, 2.75) is 25.7 Å². The Labute approximate surface area is 206 Å². The fourth-order valence-corrected chi connectivity index (χ4v) is 4.83. The molecule has 5 heterocycles. The van der Waals surface area contributed by atoms with E-state index in [0.29, 0.717) is 42.4 Å². The number of aliphatic hydroxyl groups is 1. The molecule has 184 valence electrons. The van der Waals surface area contributed by atoms with Crippen LogP contribution >= 0.6 is 0 Å². The third-order valence-electron chi connectivity index (χ3n) is 6.72. The molecule has 10 heteroatoms. The quantitative estimate of drug-likeness (QED) is 0.397. The number of hydrogen-bond acceptors (Lipinski definition) is 7. The zero-order chi connectivity index (χ0) is 24.8. The molecule has 0 saturated carbocycles. The molecule has 0 spiro atoms. The lowest BCUT2D eigenvalue weighted by Crippen LogP contribution is -2.47. The molecule has 6 rings (SSSR count). The van der Waals surface area contributed by atoms with Crippen LogP contribution in [0, 0.1) is 5.82 Å². The van der Waals surface area contributed by atoms with E-state index in [9.17, 15) is 14.3 Å². The van der Waals surface area contributed by atoms with E-state index < -0.39 is 6.10 Å². The number of rotatable bonds is 5. The maximum atomic E-state index is 13.6. The van der Waals surface area contributed by atoms with Crippen LogP contribution < -0.4 is 15.5 Å². The number of nitrogens with zero attached hydrogens (tertiary/aromatic N) is 4. The van der Waals surface area contributed by atoms with Gasteiger partial charge in [0.2, 0.25) is 0 Å². The van der Waals surface area contributed by atoms with Gasteiger partial charge in [-0.3, -0.25) is 9.20 Å². The number of fused-ring (bicyclic) bond motifs is 2. The standard InChI is InChI=1S/C26H25FN6O3/c1-15(34)22-14-32(8-9-36-22)17-2-5-23(28-11-17)31-20-4-3-18(19-12-30-26(35)25(19)20)21-13-29-24-10-16(27)6-7-33(21)24/h2-7,10-11,13,15,22,34H,8-9,12,14H2,1H3,(H,28,31)(H,30,35)/t15?,22-/m1/s1. The molecule has 2 atom stereocenters. The average Bonchev–Trinajstić information content (AvgIpc) is 3.48. The molecule has 3 aromatic heterocycles. The number of aliphatic hydroxyl groups excluding tert-OH is 1. The van der Waals surface area contributed by atoms with Gasteiger partial charge in [0.05, 0.1) is 47.7 Å². The Hall–Kier alpha value is -4.02. The molecular formula is C26H25FN6O3. The van der Waals surface area contributed by atoms with Crippen LogP contribution in [0.5, 0.6) is 0 Å². The maximum absolute atomic E-state index is 13.6. The Balaban J connectivity index is 1.28. The number of anilines is 3. The molecule has 3 N–H and O–H groups in total. The van der Waals surface area contributed by atoms with Crippen molar-refractivity contribution in [2.75, 3.05) is 29.9 Å². The number of halogens is 1. The predicted molar refractivity (Wildman–Crippen MR) is 133 cm³/mol. The Bertz CT molecular complexity index is 1450. The number of amides is 1. The Morgan fingerprint density at radius 2 is 2.11 bits per heavy atom. The van der Waals surface area contributed by atoms with Crippen LogP contribution in [0.25, 0.3) is 16.9 Å². The molecule has 1 saturated heterocycles. The number of nitrogens with one attached hydrogen (secondary N) is 2. The molecule has 0 radical (unpaired) electrons. The van der Waals surface area contributed by atoms with Crippen LogP contribution in [0.2, 0.25) is 0 Å². The minimum Gasteiger partial charge on any atom is -0.391 e. The molecule has 1 fully saturated rings. The molecule has 1 aromatic carbocycles. The van der Waals surface area contributed by atoms with Crippen molar-refractivity contribution < 1.29 is 19.0 Å². The first-order chi connectivity index (χ1) is 17.5. The second-order valence-corrected chi connectivity index (χ2v) is 9.04. The van der Waals surface area contributed by atoms with Crippen LogP contribution in [0.4, 0.5) is 21.6 Å². The summed E-state index contributed by atoms with van der Waals surface area (Å²) >= 11 is 0. The van der Waals surface area contributed by atoms with Gasteiger partial charge in [0.1, 0.15) is 23.4 Å². The number of morpholine rings is 1. The van der Waals surface area contributed by atoms with Gasteiger partial charge in [-0.1, -0.05) is 6.07 Å². The SMILES string of the molecule is CC(O)[C@H]1CN(c2ccc(Nc3ccc(-c4cnc5cc(F)ccn45)c4c3C(=O)NC4)nc2)CCO1. The molecule has 2 aliphatic heterocycles. The molecule has 0 aliphatic carbocycles. The molecule has 0 bridgehead atoms. The van der Waals surface area contributed by atoms with E-state index >= 15 is 0 Å². The Morgan fingerprint density at radius 1 is 1.22 bits per heavy atom. The molecule has 36 heavy (non-hydrogen) atoms. The van der Waals surface area contributed by atoms with E-state index in [-0.39, 0.29) is 17.8 Å². The smallest absolute Gasteiger partial charge is 0.254 e. The van der Waals surface area contributed by atoms with E-state index in [1.165, 1.54) is 12.1 Å². The molecule has 4 aromatic rings. The molecule has 1 amide bonds. The number of pyridine rings is 2. The monoisotopic (exact) mass is 488 g/mol. The number of imidazole rings is 1. The first-order valence-corrected chi connectivity index (χ1v) is 11.8. The summed E-state index contributed by atoms with van der Waals surface area (Å²) in [5, 5.41) is 16.1.